The predicted molar refractivity (Wildman–Crippen MR) is 143 cm³/mol. The maximum atomic E-state index is 13.2. The second kappa shape index (κ2) is 11.0. The lowest BCUT2D eigenvalue weighted by molar-refractivity contribution is -0.121. The number of carbonyl (C=O) groups is 1. The molecule has 0 saturated heterocycles. The van der Waals surface area contributed by atoms with E-state index >= 15 is 0 Å². The Morgan fingerprint density at radius 2 is 1.70 bits per heavy atom. The highest BCUT2D eigenvalue weighted by Crippen LogP contribution is 2.25. The van der Waals surface area contributed by atoms with Crippen LogP contribution in [-0.2, 0) is 21.4 Å². The van der Waals surface area contributed by atoms with Crippen molar-refractivity contribution in [2.24, 2.45) is 5.10 Å². The maximum absolute atomic E-state index is 13.2. The smallest absolute Gasteiger partial charge is 0.255 e. The maximum Gasteiger partial charge on any atom is 0.255 e. The summed E-state index contributed by atoms with van der Waals surface area (Å²) in [4.78, 5) is 12.8. The third-order valence-electron chi connectivity index (χ3n) is 6.14. The molecule has 0 saturated carbocycles. The standard InChI is InChI=1S/C28H30N4O4S/c1-20-10-8-11-21(2)28(20)32-22(3)16-24(23(32)4)17-29-30-27(33)19-31(18-25-12-9-15-36-25)37(34,35)26-13-6-5-7-14-26/h5-17H,18-19H2,1-4H3,(H,30,33)/b29-17+. The highest BCUT2D eigenvalue weighted by Gasteiger charge is 2.27. The van der Waals surface area contributed by atoms with Crippen molar-refractivity contribution in [2.75, 3.05) is 6.54 Å². The lowest BCUT2D eigenvalue weighted by atomic mass is 10.1. The monoisotopic (exact) mass is 518 g/mol. The quantitative estimate of drug-likeness (QED) is 0.258. The number of hydrazone groups is 1. The van der Waals surface area contributed by atoms with Crippen molar-refractivity contribution in [3.63, 3.8) is 0 Å². The van der Waals surface area contributed by atoms with Crippen molar-refractivity contribution in [3.8, 4) is 5.69 Å². The van der Waals surface area contributed by atoms with E-state index in [0.29, 0.717) is 5.76 Å². The largest absolute Gasteiger partial charge is 0.468 e. The molecular formula is C28H30N4O4S. The van der Waals surface area contributed by atoms with Crippen LogP contribution < -0.4 is 5.43 Å². The van der Waals surface area contributed by atoms with Gasteiger partial charge in [-0.2, -0.15) is 9.41 Å². The lowest BCUT2D eigenvalue weighted by Gasteiger charge is -2.20. The highest BCUT2D eigenvalue weighted by molar-refractivity contribution is 7.89. The molecule has 2 aromatic carbocycles. The summed E-state index contributed by atoms with van der Waals surface area (Å²) in [6, 6.07) is 19.5. The molecular weight excluding hydrogens is 488 g/mol. The topological polar surface area (TPSA) is 96.9 Å². The Labute approximate surface area is 217 Å². The summed E-state index contributed by atoms with van der Waals surface area (Å²) < 4.78 is 35.0. The normalized spacial score (nSPS) is 11.9. The Hall–Kier alpha value is -3.95. The van der Waals surface area contributed by atoms with Crippen LogP contribution in [0.1, 0.15) is 33.8 Å². The first-order valence-corrected chi connectivity index (χ1v) is 13.3. The number of sulfonamides is 1. The molecule has 4 aromatic rings. The summed E-state index contributed by atoms with van der Waals surface area (Å²) in [6.45, 7) is 7.67. The third-order valence-corrected chi connectivity index (χ3v) is 7.95. The summed E-state index contributed by atoms with van der Waals surface area (Å²) in [5, 5.41) is 4.12. The number of aromatic nitrogens is 1. The molecule has 9 heteroatoms. The molecule has 37 heavy (non-hydrogen) atoms. The average molecular weight is 519 g/mol. The van der Waals surface area contributed by atoms with Crippen LogP contribution in [0.3, 0.4) is 0 Å². The summed E-state index contributed by atoms with van der Waals surface area (Å²) in [7, 11) is -3.94. The zero-order valence-electron chi connectivity index (χ0n) is 21.3. The van der Waals surface area contributed by atoms with Crippen molar-refractivity contribution in [3.05, 3.63) is 107 Å². The number of nitrogens with one attached hydrogen (secondary N) is 1. The number of aryl methyl sites for hydroxylation is 3. The minimum absolute atomic E-state index is 0.0850. The number of furan rings is 1. The number of amides is 1. The summed E-state index contributed by atoms with van der Waals surface area (Å²) in [5.74, 6) is -0.138. The van der Waals surface area contributed by atoms with E-state index in [1.165, 1.54) is 18.4 Å². The Balaban J connectivity index is 1.51. The minimum Gasteiger partial charge on any atom is -0.468 e. The van der Waals surface area contributed by atoms with Gasteiger partial charge in [0.1, 0.15) is 5.76 Å². The number of rotatable bonds is 9. The van der Waals surface area contributed by atoms with Crippen molar-refractivity contribution in [1.82, 2.24) is 14.3 Å². The third kappa shape index (κ3) is 5.73. The molecule has 0 radical (unpaired) electrons. The van der Waals surface area contributed by atoms with Crippen LogP contribution in [0.4, 0.5) is 0 Å². The van der Waals surface area contributed by atoms with Gasteiger partial charge in [0.2, 0.25) is 10.0 Å². The molecule has 4 rings (SSSR count). The van der Waals surface area contributed by atoms with Crippen LogP contribution in [0, 0.1) is 27.7 Å². The van der Waals surface area contributed by atoms with Crippen LogP contribution in [0.2, 0.25) is 0 Å². The molecule has 2 heterocycles. The number of hydrogen-bond acceptors (Lipinski definition) is 5. The molecule has 1 amide bonds. The fraction of sp³-hybridized carbons (Fsp3) is 0.214. The molecule has 0 fully saturated rings. The lowest BCUT2D eigenvalue weighted by Crippen LogP contribution is -2.39. The van der Waals surface area contributed by atoms with Gasteiger partial charge in [0.05, 0.1) is 36.2 Å². The molecule has 0 aliphatic rings. The van der Waals surface area contributed by atoms with E-state index in [1.54, 1.807) is 36.5 Å². The number of nitrogens with zero attached hydrogens (tertiary/aromatic N) is 3. The van der Waals surface area contributed by atoms with Crippen molar-refractivity contribution in [1.29, 1.82) is 0 Å². The second-order valence-electron chi connectivity index (χ2n) is 8.86. The van der Waals surface area contributed by atoms with Crippen LogP contribution >= 0.6 is 0 Å². The second-order valence-corrected chi connectivity index (χ2v) is 10.8. The molecule has 192 valence electrons. The van der Waals surface area contributed by atoms with Gasteiger partial charge in [-0.05, 0) is 69.2 Å². The van der Waals surface area contributed by atoms with Gasteiger partial charge < -0.3 is 8.98 Å². The highest BCUT2D eigenvalue weighted by atomic mass is 32.2. The van der Waals surface area contributed by atoms with Gasteiger partial charge in [0.25, 0.3) is 5.91 Å². The zero-order chi connectivity index (χ0) is 26.6. The molecule has 1 N–H and O–H groups in total. The minimum atomic E-state index is -3.94. The van der Waals surface area contributed by atoms with Gasteiger partial charge in [0, 0.05) is 17.0 Å². The Bertz CT molecular complexity index is 1500. The fourth-order valence-corrected chi connectivity index (χ4v) is 5.72. The molecule has 0 atom stereocenters. The van der Waals surface area contributed by atoms with Crippen LogP contribution in [0.15, 0.2) is 87.4 Å². The van der Waals surface area contributed by atoms with E-state index < -0.39 is 22.5 Å². The van der Waals surface area contributed by atoms with E-state index in [9.17, 15) is 13.2 Å². The average Bonchev–Trinajstić information content (AvgIpc) is 3.47. The number of carbonyl (C=O) groups excluding carboxylic acids is 1. The van der Waals surface area contributed by atoms with Crippen LogP contribution in [-0.4, -0.2) is 36.0 Å². The van der Waals surface area contributed by atoms with Crippen molar-refractivity contribution < 1.29 is 17.6 Å². The molecule has 8 nitrogen and oxygen atoms in total. The molecule has 0 unspecified atom stereocenters. The van der Waals surface area contributed by atoms with E-state index in [1.807, 2.05) is 26.0 Å². The molecule has 0 spiro atoms. The van der Waals surface area contributed by atoms with E-state index in [2.05, 4.69) is 41.1 Å². The fourth-order valence-electron chi connectivity index (χ4n) is 4.33. The van der Waals surface area contributed by atoms with Gasteiger partial charge >= 0.3 is 0 Å². The first-order chi connectivity index (χ1) is 17.7. The number of para-hydroxylation sites is 1. The molecule has 0 bridgehead atoms. The summed E-state index contributed by atoms with van der Waals surface area (Å²) >= 11 is 0. The van der Waals surface area contributed by atoms with Crippen molar-refractivity contribution >= 4 is 22.1 Å². The first-order valence-electron chi connectivity index (χ1n) is 11.8. The van der Waals surface area contributed by atoms with Crippen molar-refractivity contribution in [2.45, 2.75) is 39.1 Å². The Kier molecular flexibility index (Phi) is 7.75. The number of hydrogen-bond donors (Lipinski definition) is 1. The van der Waals surface area contributed by atoms with E-state index in [0.717, 1.165) is 38.1 Å². The van der Waals surface area contributed by atoms with Crippen LogP contribution in [0.5, 0.6) is 0 Å². The van der Waals surface area contributed by atoms with E-state index in [-0.39, 0.29) is 11.4 Å². The van der Waals surface area contributed by atoms with E-state index in [4.69, 9.17) is 4.42 Å². The predicted octanol–water partition coefficient (Wildman–Crippen LogP) is 4.65. The molecule has 0 aliphatic heterocycles. The summed E-state index contributed by atoms with van der Waals surface area (Å²) in [5.41, 5.74) is 8.80. The molecule has 2 aromatic heterocycles. The van der Waals surface area contributed by atoms with Crippen LogP contribution in [0.25, 0.3) is 5.69 Å². The zero-order valence-corrected chi connectivity index (χ0v) is 22.1. The summed E-state index contributed by atoms with van der Waals surface area (Å²) in [6.07, 6.45) is 3.04. The van der Waals surface area contributed by atoms with Gasteiger partial charge in [-0.3, -0.25) is 4.79 Å². The van der Waals surface area contributed by atoms with Gasteiger partial charge in [-0.1, -0.05) is 36.4 Å². The first kappa shape index (κ1) is 26.1. The Morgan fingerprint density at radius 3 is 2.35 bits per heavy atom. The van der Waals surface area contributed by atoms with Gasteiger partial charge in [0.15, 0.2) is 0 Å². The number of benzene rings is 2. The van der Waals surface area contributed by atoms with Gasteiger partial charge in [-0.15, -0.1) is 0 Å². The SMILES string of the molecule is Cc1cccc(C)c1-n1c(C)cc(/C=N/NC(=O)CN(Cc2ccco2)S(=O)(=O)c2ccccc2)c1C. The Morgan fingerprint density at radius 1 is 1.00 bits per heavy atom. The van der Waals surface area contributed by atoms with Gasteiger partial charge in [-0.25, -0.2) is 13.8 Å². The molecule has 0 aliphatic carbocycles.